The standard InChI is InChI=1S/C17H30N4O3/c18-16(22)13-19-6-3-15(4-7-19)21-5-1-2-14(12-21)17(23)20-8-10-24-11-9-20/h14-15H,1-13H2,(H2,18,22)/t14-/m1/s1. The Labute approximate surface area is 144 Å². The summed E-state index contributed by atoms with van der Waals surface area (Å²) in [5, 5.41) is 0. The molecule has 3 saturated heterocycles. The van der Waals surface area contributed by atoms with Gasteiger partial charge in [0.1, 0.15) is 0 Å². The van der Waals surface area contributed by atoms with Crippen LogP contribution in [0.2, 0.25) is 0 Å². The fraction of sp³-hybridized carbons (Fsp3) is 0.882. The normalized spacial score (nSPS) is 28.0. The van der Waals surface area contributed by atoms with Gasteiger partial charge in [0.25, 0.3) is 0 Å². The van der Waals surface area contributed by atoms with Gasteiger partial charge in [0.2, 0.25) is 11.8 Å². The highest BCUT2D eigenvalue weighted by Gasteiger charge is 2.33. The molecule has 0 bridgehead atoms. The SMILES string of the molecule is NC(=O)CN1CCC(N2CCC[C@@H](C(=O)N3CCOCC3)C2)CC1. The molecule has 136 valence electrons. The van der Waals surface area contributed by atoms with E-state index < -0.39 is 0 Å². The number of rotatable bonds is 4. The second-order valence-electron chi connectivity index (χ2n) is 7.25. The number of hydrogen-bond acceptors (Lipinski definition) is 5. The zero-order chi connectivity index (χ0) is 16.9. The van der Waals surface area contributed by atoms with E-state index in [1.165, 1.54) is 0 Å². The zero-order valence-corrected chi connectivity index (χ0v) is 14.5. The van der Waals surface area contributed by atoms with Crippen LogP contribution in [0.4, 0.5) is 0 Å². The molecular formula is C17H30N4O3. The molecule has 24 heavy (non-hydrogen) atoms. The first-order chi connectivity index (χ1) is 11.6. The highest BCUT2D eigenvalue weighted by Crippen LogP contribution is 2.25. The summed E-state index contributed by atoms with van der Waals surface area (Å²) in [6, 6.07) is 0.536. The first-order valence-electron chi connectivity index (χ1n) is 9.24. The van der Waals surface area contributed by atoms with Crippen LogP contribution in [-0.2, 0) is 14.3 Å². The maximum Gasteiger partial charge on any atom is 0.231 e. The van der Waals surface area contributed by atoms with Gasteiger partial charge in [-0.3, -0.25) is 19.4 Å². The third kappa shape index (κ3) is 4.46. The van der Waals surface area contributed by atoms with Crippen LogP contribution < -0.4 is 5.73 Å². The lowest BCUT2D eigenvalue weighted by Gasteiger charge is -2.42. The molecule has 7 nitrogen and oxygen atoms in total. The average Bonchev–Trinajstić information content (AvgIpc) is 2.62. The van der Waals surface area contributed by atoms with Gasteiger partial charge >= 0.3 is 0 Å². The monoisotopic (exact) mass is 338 g/mol. The number of carbonyl (C=O) groups is 2. The molecule has 3 aliphatic heterocycles. The van der Waals surface area contributed by atoms with Crippen molar-refractivity contribution in [1.29, 1.82) is 0 Å². The third-order valence-electron chi connectivity index (χ3n) is 5.58. The molecule has 0 aromatic heterocycles. The Morgan fingerprint density at radius 1 is 1.00 bits per heavy atom. The van der Waals surface area contributed by atoms with Crippen LogP contribution in [0, 0.1) is 5.92 Å². The van der Waals surface area contributed by atoms with E-state index in [9.17, 15) is 9.59 Å². The quantitative estimate of drug-likeness (QED) is 0.748. The molecule has 0 saturated carbocycles. The highest BCUT2D eigenvalue weighted by atomic mass is 16.5. The summed E-state index contributed by atoms with van der Waals surface area (Å²) in [6.07, 6.45) is 4.23. The summed E-state index contributed by atoms with van der Waals surface area (Å²) in [6.45, 7) is 7.00. The van der Waals surface area contributed by atoms with Crippen molar-refractivity contribution in [2.24, 2.45) is 11.7 Å². The molecule has 2 amide bonds. The minimum absolute atomic E-state index is 0.139. The van der Waals surface area contributed by atoms with Gasteiger partial charge in [0, 0.05) is 38.8 Å². The molecule has 3 rings (SSSR count). The fourth-order valence-electron chi connectivity index (χ4n) is 4.24. The van der Waals surface area contributed by atoms with Crippen molar-refractivity contribution >= 4 is 11.8 Å². The molecule has 3 heterocycles. The van der Waals surface area contributed by atoms with Gasteiger partial charge in [-0.25, -0.2) is 0 Å². The molecule has 7 heteroatoms. The first kappa shape index (κ1) is 17.6. The lowest BCUT2D eigenvalue weighted by Crippen LogP contribution is -2.53. The minimum atomic E-state index is -0.248. The van der Waals surface area contributed by atoms with Crippen LogP contribution in [0.3, 0.4) is 0 Å². The largest absolute Gasteiger partial charge is 0.378 e. The van der Waals surface area contributed by atoms with E-state index in [0.717, 1.165) is 65.0 Å². The minimum Gasteiger partial charge on any atom is -0.378 e. The smallest absolute Gasteiger partial charge is 0.231 e. The van der Waals surface area contributed by atoms with Crippen molar-refractivity contribution in [2.75, 3.05) is 59.0 Å². The number of hydrogen-bond donors (Lipinski definition) is 1. The van der Waals surface area contributed by atoms with Crippen LogP contribution in [-0.4, -0.2) is 91.6 Å². The Morgan fingerprint density at radius 3 is 2.38 bits per heavy atom. The first-order valence-corrected chi connectivity index (χ1v) is 9.24. The predicted octanol–water partition coefficient (Wildman–Crippen LogP) is -0.493. The summed E-state index contributed by atoms with van der Waals surface area (Å²) in [5.74, 6) is 0.206. The van der Waals surface area contributed by atoms with Crippen LogP contribution in [0.15, 0.2) is 0 Å². The number of amides is 2. The summed E-state index contributed by atoms with van der Waals surface area (Å²) >= 11 is 0. The molecule has 0 aliphatic carbocycles. The Kier molecular flexibility index (Phi) is 6.08. The molecular weight excluding hydrogens is 308 g/mol. The predicted molar refractivity (Wildman–Crippen MR) is 90.4 cm³/mol. The van der Waals surface area contributed by atoms with Crippen molar-refractivity contribution in [3.63, 3.8) is 0 Å². The number of primary amides is 1. The second kappa shape index (κ2) is 8.27. The Morgan fingerprint density at radius 2 is 1.71 bits per heavy atom. The third-order valence-corrected chi connectivity index (χ3v) is 5.58. The molecule has 0 spiro atoms. The van der Waals surface area contributed by atoms with Crippen LogP contribution in [0.25, 0.3) is 0 Å². The molecule has 3 aliphatic rings. The second-order valence-corrected chi connectivity index (χ2v) is 7.25. The molecule has 3 fully saturated rings. The van der Waals surface area contributed by atoms with E-state index in [1.54, 1.807) is 0 Å². The number of nitrogens with zero attached hydrogens (tertiary/aromatic N) is 3. The Hall–Kier alpha value is -1.18. The van der Waals surface area contributed by atoms with E-state index in [0.29, 0.717) is 31.7 Å². The van der Waals surface area contributed by atoms with Crippen molar-refractivity contribution in [2.45, 2.75) is 31.7 Å². The van der Waals surface area contributed by atoms with E-state index in [1.807, 2.05) is 4.90 Å². The number of piperidine rings is 2. The zero-order valence-electron chi connectivity index (χ0n) is 14.5. The summed E-state index contributed by atoms with van der Waals surface area (Å²) in [4.78, 5) is 30.4. The van der Waals surface area contributed by atoms with Crippen LogP contribution >= 0.6 is 0 Å². The van der Waals surface area contributed by atoms with Gasteiger partial charge in [-0.15, -0.1) is 0 Å². The van der Waals surface area contributed by atoms with Crippen molar-refractivity contribution in [3.05, 3.63) is 0 Å². The summed E-state index contributed by atoms with van der Waals surface area (Å²) in [7, 11) is 0. The van der Waals surface area contributed by atoms with E-state index in [2.05, 4.69) is 9.80 Å². The molecule has 2 N–H and O–H groups in total. The summed E-state index contributed by atoms with van der Waals surface area (Å²) < 4.78 is 5.35. The van der Waals surface area contributed by atoms with Gasteiger partial charge in [0.15, 0.2) is 0 Å². The molecule has 0 radical (unpaired) electrons. The van der Waals surface area contributed by atoms with E-state index in [-0.39, 0.29) is 11.8 Å². The van der Waals surface area contributed by atoms with Crippen molar-refractivity contribution < 1.29 is 14.3 Å². The highest BCUT2D eigenvalue weighted by molar-refractivity contribution is 5.79. The lowest BCUT2D eigenvalue weighted by molar-refractivity contribution is -0.142. The fourth-order valence-corrected chi connectivity index (χ4v) is 4.24. The average molecular weight is 338 g/mol. The van der Waals surface area contributed by atoms with Gasteiger partial charge < -0.3 is 15.4 Å². The summed E-state index contributed by atoms with van der Waals surface area (Å²) in [5.41, 5.74) is 5.28. The van der Waals surface area contributed by atoms with Crippen LogP contribution in [0.5, 0.6) is 0 Å². The van der Waals surface area contributed by atoms with Gasteiger partial charge in [0.05, 0.1) is 25.7 Å². The number of morpholine rings is 1. The van der Waals surface area contributed by atoms with E-state index >= 15 is 0 Å². The topological polar surface area (TPSA) is 79.1 Å². The lowest BCUT2D eigenvalue weighted by atomic mass is 9.92. The maximum atomic E-state index is 12.7. The number of carbonyl (C=O) groups excluding carboxylic acids is 2. The molecule has 0 aromatic carbocycles. The molecule has 0 aromatic rings. The van der Waals surface area contributed by atoms with Gasteiger partial charge in [-0.2, -0.15) is 0 Å². The maximum absolute atomic E-state index is 12.7. The van der Waals surface area contributed by atoms with Crippen molar-refractivity contribution in [3.8, 4) is 0 Å². The van der Waals surface area contributed by atoms with Crippen LogP contribution in [0.1, 0.15) is 25.7 Å². The Bertz CT molecular complexity index is 445. The number of ether oxygens (including phenoxy) is 1. The van der Waals surface area contributed by atoms with Crippen molar-refractivity contribution in [1.82, 2.24) is 14.7 Å². The number of nitrogens with two attached hydrogens (primary N) is 1. The van der Waals surface area contributed by atoms with E-state index in [4.69, 9.17) is 10.5 Å². The molecule has 1 atom stereocenters. The number of likely N-dealkylation sites (tertiary alicyclic amines) is 2. The molecule has 0 unspecified atom stereocenters. The Balaban J connectivity index is 1.49. The van der Waals surface area contributed by atoms with Gasteiger partial charge in [-0.1, -0.05) is 0 Å². The van der Waals surface area contributed by atoms with Gasteiger partial charge in [-0.05, 0) is 32.2 Å².